The molecule has 0 bridgehead atoms. The number of nitrogens with zero attached hydrogens (tertiary/aromatic N) is 1. The van der Waals surface area contributed by atoms with E-state index in [1.54, 1.807) is 18.2 Å². The van der Waals surface area contributed by atoms with Crippen molar-refractivity contribution in [2.24, 2.45) is 0 Å². The van der Waals surface area contributed by atoms with Crippen LogP contribution >= 0.6 is 12.2 Å². The molecule has 1 heterocycles. The van der Waals surface area contributed by atoms with Crippen LogP contribution < -0.4 is 11.3 Å². The zero-order valence-electron chi connectivity index (χ0n) is 12.6. The smallest absolute Gasteiger partial charge is 0.432 e. The molecule has 11 heteroatoms. The number of nitrogens with two attached hydrogens (primary N) is 1. The number of hydrogen-bond acceptors (Lipinski definition) is 6. The molecule has 134 valence electrons. The molecule has 0 saturated carbocycles. The Morgan fingerprint density at radius 2 is 1.88 bits per heavy atom. The molecule has 7 nitrogen and oxygen atoms in total. The number of rotatable bonds is 3. The molecule has 0 fully saturated rings. The van der Waals surface area contributed by atoms with Gasteiger partial charge < -0.3 is 15.6 Å². The van der Waals surface area contributed by atoms with E-state index in [1.165, 1.54) is 12.1 Å². The van der Waals surface area contributed by atoms with Gasteiger partial charge in [-0.15, -0.1) is 0 Å². The maximum absolute atomic E-state index is 13.4. The SMILES string of the molecule is COC(=O)[C@@](O)(c1c(N)n(-c2ccccc2)c(=S)[nH]c1=O)C(F)(F)F. The van der Waals surface area contributed by atoms with Crippen LogP contribution in [0.1, 0.15) is 5.56 Å². The Hall–Kier alpha value is -2.66. The monoisotopic (exact) mass is 375 g/mol. The Labute approximate surface area is 143 Å². The summed E-state index contributed by atoms with van der Waals surface area (Å²) in [7, 11) is 0.635. The number of H-pyrrole nitrogens is 1. The van der Waals surface area contributed by atoms with Gasteiger partial charge in [-0.3, -0.25) is 14.3 Å². The van der Waals surface area contributed by atoms with Gasteiger partial charge in [0.1, 0.15) is 11.4 Å². The summed E-state index contributed by atoms with van der Waals surface area (Å²) < 4.78 is 44.9. The first-order valence-corrected chi connectivity index (χ1v) is 7.04. The number of carbonyl (C=O) groups is 1. The molecule has 2 rings (SSSR count). The van der Waals surface area contributed by atoms with Crippen molar-refractivity contribution in [1.29, 1.82) is 0 Å². The number of aromatic amines is 1. The summed E-state index contributed by atoms with van der Waals surface area (Å²) >= 11 is 4.93. The number of halogens is 3. The predicted octanol–water partition coefficient (Wildman–Crippen LogP) is 1.40. The maximum Gasteiger partial charge on any atom is 0.432 e. The number of esters is 1. The van der Waals surface area contributed by atoms with Crippen LogP contribution in [-0.4, -0.2) is 33.9 Å². The number of para-hydroxylation sites is 1. The molecule has 1 aromatic heterocycles. The van der Waals surface area contributed by atoms with Crippen molar-refractivity contribution in [3.8, 4) is 5.69 Å². The Morgan fingerprint density at radius 3 is 2.36 bits per heavy atom. The summed E-state index contributed by atoms with van der Waals surface area (Å²) in [6.07, 6.45) is -5.57. The first-order chi connectivity index (χ1) is 11.6. The van der Waals surface area contributed by atoms with E-state index in [-0.39, 0.29) is 10.5 Å². The lowest BCUT2D eigenvalue weighted by Crippen LogP contribution is -2.53. The van der Waals surface area contributed by atoms with Crippen LogP contribution in [0.2, 0.25) is 0 Å². The van der Waals surface area contributed by atoms with Crippen LogP contribution in [0, 0.1) is 4.77 Å². The predicted molar refractivity (Wildman–Crippen MR) is 83.6 cm³/mol. The summed E-state index contributed by atoms with van der Waals surface area (Å²) in [5.74, 6) is -2.95. The van der Waals surface area contributed by atoms with Crippen molar-refractivity contribution in [3.05, 3.63) is 51.0 Å². The maximum atomic E-state index is 13.4. The Kier molecular flexibility index (Phi) is 4.73. The third-order valence-electron chi connectivity index (χ3n) is 3.41. The highest BCUT2D eigenvalue weighted by atomic mass is 32.1. The van der Waals surface area contributed by atoms with Crippen molar-refractivity contribution in [1.82, 2.24) is 9.55 Å². The van der Waals surface area contributed by atoms with Crippen LogP contribution in [0.25, 0.3) is 5.69 Å². The number of methoxy groups -OCH3 is 1. The molecule has 0 unspecified atom stereocenters. The van der Waals surface area contributed by atoms with E-state index in [1.807, 2.05) is 4.98 Å². The van der Waals surface area contributed by atoms with Crippen LogP contribution in [0.15, 0.2) is 35.1 Å². The molecule has 2 aromatic rings. The average Bonchev–Trinajstić information content (AvgIpc) is 2.53. The van der Waals surface area contributed by atoms with Gasteiger partial charge in [-0.05, 0) is 24.4 Å². The zero-order chi connectivity index (χ0) is 19.0. The molecular formula is C14H12F3N3O4S. The van der Waals surface area contributed by atoms with E-state index in [9.17, 15) is 27.9 Å². The number of aliphatic hydroxyl groups is 1. The van der Waals surface area contributed by atoms with Gasteiger partial charge in [0.25, 0.3) is 11.2 Å². The number of aromatic nitrogens is 2. The number of nitrogen functional groups attached to an aromatic ring is 1. The number of anilines is 1. The normalized spacial score (nSPS) is 14.0. The largest absolute Gasteiger partial charge is 0.466 e. The highest BCUT2D eigenvalue weighted by Gasteiger charge is 2.64. The number of alkyl halides is 3. The average molecular weight is 375 g/mol. The fourth-order valence-corrected chi connectivity index (χ4v) is 2.54. The molecule has 0 aliphatic rings. The van der Waals surface area contributed by atoms with E-state index < -0.39 is 34.7 Å². The van der Waals surface area contributed by atoms with Crippen molar-refractivity contribution >= 4 is 24.0 Å². The number of ether oxygens (including phenoxy) is 1. The first-order valence-electron chi connectivity index (χ1n) is 6.64. The quantitative estimate of drug-likeness (QED) is 0.553. The van der Waals surface area contributed by atoms with E-state index in [4.69, 9.17) is 18.0 Å². The van der Waals surface area contributed by atoms with Gasteiger partial charge in [-0.1, -0.05) is 18.2 Å². The van der Waals surface area contributed by atoms with Crippen molar-refractivity contribution in [2.75, 3.05) is 12.8 Å². The molecule has 1 atom stereocenters. The van der Waals surface area contributed by atoms with Gasteiger partial charge in [0.2, 0.25) is 0 Å². The molecule has 1 aromatic carbocycles. The second-order valence-corrected chi connectivity index (χ2v) is 5.28. The highest BCUT2D eigenvalue weighted by Crippen LogP contribution is 2.40. The standard InChI is InChI=1S/C14H12F3N3O4S/c1-24-11(22)13(23,14(15,16)17)8-9(18)20(12(25)19-10(8)21)7-5-3-2-4-6-7/h2-6,23H,18H2,1H3,(H,19,21,25)/t13-/m0/s1. The molecule has 0 spiro atoms. The summed E-state index contributed by atoms with van der Waals surface area (Å²) in [6, 6.07) is 7.66. The number of nitrogens with one attached hydrogen (secondary N) is 1. The van der Waals surface area contributed by atoms with E-state index in [0.29, 0.717) is 7.11 Å². The first kappa shape index (κ1) is 18.7. The Balaban J connectivity index is 2.94. The number of benzene rings is 1. The Bertz CT molecular complexity index is 924. The van der Waals surface area contributed by atoms with Crippen molar-refractivity contribution in [2.45, 2.75) is 11.8 Å². The fourth-order valence-electron chi connectivity index (χ4n) is 2.24. The minimum Gasteiger partial charge on any atom is -0.466 e. The fraction of sp³-hybridized carbons (Fsp3) is 0.214. The van der Waals surface area contributed by atoms with Gasteiger partial charge in [0.05, 0.1) is 7.11 Å². The molecule has 0 radical (unpaired) electrons. The third kappa shape index (κ3) is 2.91. The van der Waals surface area contributed by atoms with Gasteiger partial charge >= 0.3 is 12.1 Å². The highest BCUT2D eigenvalue weighted by molar-refractivity contribution is 7.71. The minimum atomic E-state index is -5.57. The summed E-state index contributed by atoms with van der Waals surface area (Å²) in [4.78, 5) is 25.7. The second-order valence-electron chi connectivity index (χ2n) is 4.89. The topological polar surface area (TPSA) is 110 Å². The summed E-state index contributed by atoms with van der Waals surface area (Å²) in [5, 5.41) is 10.1. The van der Waals surface area contributed by atoms with Crippen LogP contribution in [0.3, 0.4) is 0 Å². The third-order valence-corrected chi connectivity index (χ3v) is 3.70. The Morgan fingerprint density at radius 1 is 1.32 bits per heavy atom. The van der Waals surface area contributed by atoms with E-state index >= 15 is 0 Å². The van der Waals surface area contributed by atoms with E-state index in [2.05, 4.69) is 4.74 Å². The molecule has 25 heavy (non-hydrogen) atoms. The van der Waals surface area contributed by atoms with Crippen molar-refractivity contribution < 1.29 is 27.8 Å². The lowest BCUT2D eigenvalue weighted by Gasteiger charge is -2.28. The molecule has 0 aliphatic carbocycles. The van der Waals surface area contributed by atoms with Crippen LogP contribution in [0.5, 0.6) is 0 Å². The summed E-state index contributed by atoms with van der Waals surface area (Å²) in [6.45, 7) is 0. The molecule has 0 aliphatic heterocycles. The van der Waals surface area contributed by atoms with Gasteiger partial charge in [-0.2, -0.15) is 13.2 Å². The van der Waals surface area contributed by atoms with Crippen LogP contribution in [-0.2, 0) is 15.1 Å². The van der Waals surface area contributed by atoms with Gasteiger partial charge in [0.15, 0.2) is 4.77 Å². The minimum absolute atomic E-state index is 0.219. The van der Waals surface area contributed by atoms with Gasteiger partial charge in [-0.25, -0.2) is 4.79 Å². The molecular weight excluding hydrogens is 363 g/mol. The lowest BCUT2D eigenvalue weighted by molar-refractivity contribution is -0.267. The second kappa shape index (κ2) is 6.33. The molecule has 0 saturated heterocycles. The van der Waals surface area contributed by atoms with E-state index in [0.717, 1.165) is 4.57 Å². The summed E-state index contributed by atoms with van der Waals surface area (Å²) in [5.41, 5.74) is -1.23. The zero-order valence-corrected chi connectivity index (χ0v) is 13.4. The number of hydrogen-bond donors (Lipinski definition) is 3. The number of carbonyl (C=O) groups excluding carboxylic acids is 1. The van der Waals surface area contributed by atoms with Crippen LogP contribution in [0.4, 0.5) is 19.0 Å². The van der Waals surface area contributed by atoms with Crippen molar-refractivity contribution in [3.63, 3.8) is 0 Å². The lowest BCUT2D eigenvalue weighted by atomic mass is 9.94. The molecule has 0 amide bonds. The van der Waals surface area contributed by atoms with Gasteiger partial charge in [0, 0.05) is 5.69 Å². The molecule has 4 N–H and O–H groups in total.